The Balaban J connectivity index is 2.17. The Morgan fingerprint density at radius 3 is 2.56 bits per heavy atom. The van der Waals surface area contributed by atoms with E-state index in [0.717, 1.165) is 0 Å². The van der Waals surface area contributed by atoms with E-state index in [9.17, 15) is 14.4 Å². The molecule has 18 heavy (non-hydrogen) atoms. The predicted molar refractivity (Wildman–Crippen MR) is 58.2 cm³/mol. The summed E-state index contributed by atoms with van der Waals surface area (Å²) in [6.07, 6.45) is -1.95. The van der Waals surface area contributed by atoms with Gasteiger partial charge in [0.1, 0.15) is 6.61 Å². The molecule has 0 unspecified atom stereocenters. The first-order chi connectivity index (χ1) is 8.63. The molecule has 0 bridgehead atoms. The number of hydrogen-bond acceptors (Lipinski definition) is 5. The van der Waals surface area contributed by atoms with Gasteiger partial charge >= 0.3 is 18.2 Å². The van der Waals surface area contributed by atoms with Gasteiger partial charge in [0.05, 0.1) is 13.2 Å². The first-order valence-corrected chi connectivity index (χ1v) is 5.41. The fourth-order valence-corrected chi connectivity index (χ4v) is 1.23. The Labute approximate surface area is 103 Å². The number of nitrogens with one attached hydrogen (secondary N) is 1. The number of carbonyl (C=O) groups excluding carboxylic acids is 3. The number of ether oxygens (including phenoxy) is 2. The van der Waals surface area contributed by atoms with Gasteiger partial charge in [-0.3, -0.25) is 0 Å². The maximum absolute atomic E-state index is 11.1. The topological polar surface area (TPSA) is 110 Å². The van der Waals surface area contributed by atoms with Gasteiger partial charge in [0.15, 0.2) is 0 Å². The van der Waals surface area contributed by atoms with Crippen LogP contribution in [0.2, 0.25) is 0 Å². The largest absolute Gasteiger partial charge is 0.452 e. The standard InChI is InChI=1S/C9H14N4O5/c1-2-17-8(15)11-12-9(16)18-6-5-13-4-3-10-7(13)14/h2-6H2,1H3,(H,10,14). The molecule has 1 N–H and O–H groups in total. The number of amides is 4. The Bertz CT molecular complexity index is 357. The van der Waals surface area contributed by atoms with Crippen molar-refractivity contribution in [2.75, 3.05) is 32.8 Å². The van der Waals surface area contributed by atoms with Crippen molar-refractivity contribution >= 4 is 18.2 Å². The van der Waals surface area contributed by atoms with Gasteiger partial charge in [-0.1, -0.05) is 10.2 Å². The van der Waals surface area contributed by atoms with Crippen LogP contribution in [0.3, 0.4) is 0 Å². The molecular weight excluding hydrogens is 244 g/mol. The molecule has 0 spiro atoms. The van der Waals surface area contributed by atoms with E-state index >= 15 is 0 Å². The molecule has 0 aliphatic carbocycles. The molecule has 0 saturated carbocycles. The second-order valence-electron chi connectivity index (χ2n) is 3.23. The van der Waals surface area contributed by atoms with E-state index in [-0.39, 0.29) is 25.8 Å². The molecule has 0 aromatic carbocycles. The molecule has 4 amide bonds. The van der Waals surface area contributed by atoms with Gasteiger partial charge in [0.25, 0.3) is 0 Å². The molecule has 9 nitrogen and oxygen atoms in total. The smallest absolute Gasteiger partial charge is 0.447 e. The number of urea groups is 1. The predicted octanol–water partition coefficient (Wildman–Crippen LogP) is 0.757. The summed E-state index contributed by atoms with van der Waals surface area (Å²) in [6, 6.07) is -0.195. The van der Waals surface area contributed by atoms with Crippen molar-refractivity contribution in [3.05, 3.63) is 0 Å². The summed E-state index contributed by atoms with van der Waals surface area (Å²) in [6.45, 7) is 3.17. The monoisotopic (exact) mass is 258 g/mol. The van der Waals surface area contributed by atoms with Crippen molar-refractivity contribution in [2.45, 2.75) is 6.92 Å². The van der Waals surface area contributed by atoms with Crippen LogP contribution < -0.4 is 5.32 Å². The third-order valence-corrected chi connectivity index (χ3v) is 2.01. The fourth-order valence-electron chi connectivity index (χ4n) is 1.23. The molecule has 0 aromatic rings. The van der Waals surface area contributed by atoms with Crippen molar-refractivity contribution < 1.29 is 23.9 Å². The molecule has 1 heterocycles. The zero-order valence-electron chi connectivity index (χ0n) is 9.92. The molecule has 1 saturated heterocycles. The van der Waals surface area contributed by atoms with Crippen LogP contribution in [-0.2, 0) is 9.47 Å². The van der Waals surface area contributed by atoms with Gasteiger partial charge in [-0.05, 0) is 6.92 Å². The van der Waals surface area contributed by atoms with E-state index in [0.29, 0.717) is 13.1 Å². The second-order valence-corrected chi connectivity index (χ2v) is 3.23. The van der Waals surface area contributed by atoms with E-state index in [2.05, 4.69) is 25.0 Å². The van der Waals surface area contributed by atoms with Crippen LogP contribution in [0.1, 0.15) is 6.92 Å². The van der Waals surface area contributed by atoms with E-state index in [1.165, 1.54) is 4.90 Å². The average Bonchev–Trinajstić information content (AvgIpc) is 2.73. The number of hydrogen-bond donors (Lipinski definition) is 1. The fraction of sp³-hybridized carbons (Fsp3) is 0.667. The molecule has 100 valence electrons. The summed E-state index contributed by atoms with van der Waals surface area (Å²) in [5, 5.41) is 8.58. The summed E-state index contributed by atoms with van der Waals surface area (Å²) < 4.78 is 9.08. The molecule has 0 aromatic heterocycles. The minimum Gasteiger partial charge on any atom is -0.447 e. The van der Waals surface area contributed by atoms with Crippen LogP contribution in [0.5, 0.6) is 0 Å². The molecule has 1 aliphatic heterocycles. The van der Waals surface area contributed by atoms with E-state index in [4.69, 9.17) is 0 Å². The van der Waals surface area contributed by atoms with Gasteiger partial charge in [-0.2, -0.15) is 0 Å². The summed E-state index contributed by atoms with van der Waals surface area (Å²) >= 11 is 0. The van der Waals surface area contributed by atoms with Crippen molar-refractivity contribution in [1.29, 1.82) is 0 Å². The first-order valence-electron chi connectivity index (χ1n) is 5.41. The van der Waals surface area contributed by atoms with Crippen molar-refractivity contribution in [3.8, 4) is 0 Å². The Morgan fingerprint density at radius 1 is 1.33 bits per heavy atom. The summed E-state index contributed by atoms with van der Waals surface area (Å²) in [4.78, 5) is 34.3. The van der Waals surface area contributed by atoms with Crippen LogP contribution >= 0.6 is 0 Å². The molecule has 1 fully saturated rings. The Kier molecular flexibility index (Phi) is 5.55. The second kappa shape index (κ2) is 7.20. The normalized spacial score (nSPS) is 14.7. The molecule has 0 atom stereocenters. The average molecular weight is 258 g/mol. The SMILES string of the molecule is CCOC(=O)N=NC(=O)OCCN1CCNC1=O. The lowest BCUT2D eigenvalue weighted by molar-refractivity contribution is 0.139. The van der Waals surface area contributed by atoms with E-state index < -0.39 is 12.2 Å². The lowest BCUT2D eigenvalue weighted by Gasteiger charge is -2.12. The Hall–Kier alpha value is -2.19. The minimum atomic E-state index is -0.998. The summed E-state index contributed by atoms with van der Waals surface area (Å²) in [5.74, 6) is 0. The number of nitrogens with zero attached hydrogens (tertiary/aromatic N) is 3. The maximum atomic E-state index is 11.1. The lowest BCUT2D eigenvalue weighted by Crippen LogP contribution is -2.31. The van der Waals surface area contributed by atoms with E-state index in [1.54, 1.807) is 6.92 Å². The number of carbonyl (C=O) groups is 3. The van der Waals surface area contributed by atoms with Crippen LogP contribution in [0, 0.1) is 0 Å². The van der Waals surface area contributed by atoms with E-state index in [1.807, 2.05) is 0 Å². The van der Waals surface area contributed by atoms with Crippen molar-refractivity contribution in [2.24, 2.45) is 10.2 Å². The third-order valence-electron chi connectivity index (χ3n) is 2.01. The van der Waals surface area contributed by atoms with Gasteiger partial charge in [0.2, 0.25) is 0 Å². The first kappa shape index (κ1) is 13.9. The van der Waals surface area contributed by atoms with Crippen LogP contribution in [-0.4, -0.2) is 56.0 Å². The maximum Gasteiger partial charge on any atom is 0.452 e. The highest BCUT2D eigenvalue weighted by Crippen LogP contribution is 1.97. The van der Waals surface area contributed by atoms with Gasteiger partial charge in [-0.15, -0.1) is 0 Å². The molecular formula is C9H14N4O5. The van der Waals surface area contributed by atoms with Crippen LogP contribution in [0.25, 0.3) is 0 Å². The Morgan fingerprint density at radius 2 is 2.00 bits per heavy atom. The molecule has 1 rings (SSSR count). The highest BCUT2D eigenvalue weighted by molar-refractivity contribution is 5.76. The van der Waals surface area contributed by atoms with Crippen LogP contribution in [0.15, 0.2) is 10.2 Å². The van der Waals surface area contributed by atoms with Crippen molar-refractivity contribution in [3.63, 3.8) is 0 Å². The number of azo groups is 1. The molecule has 0 radical (unpaired) electrons. The summed E-state index contributed by atoms with van der Waals surface area (Å²) in [7, 11) is 0. The molecule has 1 aliphatic rings. The zero-order chi connectivity index (χ0) is 13.4. The summed E-state index contributed by atoms with van der Waals surface area (Å²) in [5.41, 5.74) is 0. The third kappa shape index (κ3) is 4.76. The van der Waals surface area contributed by atoms with Crippen LogP contribution in [0.4, 0.5) is 14.4 Å². The van der Waals surface area contributed by atoms with Crippen molar-refractivity contribution in [1.82, 2.24) is 10.2 Å². The van der Waals surface area contributed by atoms with Gasteiger partial charge in [-0.25, -0.2) is 14.4 Å². The molecule has 9 heteroatoms. The highest BCUT2D eigenvalue weighted by Gasteiger charge is 2.19. The van der Waals surface area contributed by atoms with Gasteiger partial charge in [0, 0.05) is 13.1 Å². The minimum absolute atomic E-state index is 0.00585. The highest BCUT2D eigenvalue weighted by atomic mass is 16.6. The number of rotatable bonds is 4. The lowest BCUT2D eigenvalue weighted by atomic mass is 10.5. The zero-order valence-corrected chi connectivity index (χ0v) is 9.92. The van der Waals surface area contributed by atoms with Gasteiger partial charge < -0.3 is 19.7 Å². The quantitative estimate of drug-likeness (QED) is 0.748.